The van der Waals surface area contributed by atoms with E-state index in [4.69, 9.17) is 21.1 Å². The number of nitrogens with zero attached hydrogens (tertiary/aromatic N) is 2. The summed E-state index contributed by atoms with van der Waals surface area (Å²) in [4.78, 5) is 18.8. The molecule has 2 saturated heterocycles. The molecule has 0 unspecified atom stereocenters. The number of hydrogen-bond acceptors (Lipinski definition) is 5. The number of halogens is 1. The number of methoxy groups -OCH3 is 1. The molecule has 0 atom stereocenters. The number of pyridine rings is 1. The van der Waals surface area contributed by atoms with E-state index >= 15 is 0 Å². The lowest BCUT2D eigenvalue weighted by molar-refractivity contribution is -0.0807. The van der Waals surface area contributed by atoms with Crippen LogP contribution in [0.3, 0.4) is 0 Å². The molecule has 1 N–H and O–H groups in total. The Hall–Kier alpha value is -1.37. The first-order valence-corrected chi connectivity index (χ1v) is 9.33. The molecule has 6 nitrogen and oxygen atoms in total. The molecule has 25 heavy (non-hydrogen) atoms. The average molecular weight is 368 g/mol. The number of hydrogen-bond donors (Lipinski definition) is 1. The minimum atomic E-state index is -0.258. The number of likely N-dealkylation sites (tertiary alicyclic amines) is 1. The summed E-state index contributed by atoms with van der Waals surface area (Å²) in [5.41, 5.74) is 0.288. The number of rotatable bonds is 5. The first-order valence-electron chi connectivity index (χ1n) is 8.95. The molecule has 0 bridgehead atoms. The molecule has 1 aromatic heterocycles. The Morgan fingerprint density at radius 2 is 2.08 bits per heavy atom. The van der Waals surface area contributed by atoms with Gasteiger partial charge in [-0.25, -0.2) is 4.98 Å². The van der Waals surface area contributed by atoms with Gasteiger partial charge in [0.2, 0.25) is 0 Å². The van der Waals surface area contributed by atoms with Crippen molar-refractivity contribution in [1.82, 2.24) is 9.88 Å². The lowest BCUT2D eigenvalue weighted by Crippen LogP contribution is -2.44. The maximum absolute atomic E-state index is 12.5. The zero-order valence-corrected chi connectivity index (χ0v) is 15.5. The van der Waals surface area contributed by atoms with E-state index in [0.29, 0.717) is 36.2 Å². The standard InChI is InChI=1S/C18H26ClN3O3/c1-24-18(5-9-25-10-6-18)13-21-16-15(19)11-14(12-20-16)17(23)22-7-3-2-4-8-22/h11-12H,2-10,13H2,1H3,(H,20,21). The average Bonchev–Trinajstić information content (AvgIpc) is 2.68. The number of piperidine rings is 1. The highest BCUT2D eigenvalue weighted by Crippen LogP contribution is 2.27. The zero-order valence-electron chi connectivity index (χ0n) is 14.7. The van der Waals surface area contributed by atoms with Crippen LogP contribution in [0.5, 0.6) is 0 Å². The van der Waals surface area contributed by atoms with Crippen LogP contribution < -0.4 is 5.32 Å². The highest BCUT2D eigenvalue weighted by molar-refractivity contribution is 6.33. The molecule has 1 aromatic rings. The predicted molar refractivity (Wildman–Crippen MR) is 97.3 cm³/mol. The molecule has 138 valence electrons. The van der Waals surface area contributed by atoms with Crippen LogP contribution in [0.2, 0.25) is 5.02 Å². The van der Waals surface area contributed by atoms with Gasteiger partial charge in [-0.2, -0.15) is 0 Å². The molecule has 2 aliphatic rings. The number of anilines is 1. The molecule has 0 aromatic carbocycles. The Balaban J connectivity index is 1.64. The van der Waals surface area contributed by atoms with Crippen LogP contribution >= 0.6 is 11.6 Å². The summed E-state index contributed by atoms with van der Waals surface area (Å²) >= 11 is 6.36. The Morgan fingerprint density at radius 3 is 2.72 bits per heavy atom. The van der Waals surface area contributed by atoms with Gasteiger partial charge < -0.3 is 19.7 Å². The van der Waals surface area contributed by atoms with E-state index in [1.54, 1.807) is 19.4 Å². The maximum atomic E-state index is 12.5. The van der Waals surface area contributed by atoms with E-state index in [0.717, 1.165) is 38.8 Å². The maximum Gasteiger partial charge on any atom is 0.255 e. The molecule has 2 fully saturated rings. The molecule has 3 heterocycles. The van der Waals surface area contributed by atoms with Crippen molar-refractivity contribution in [2.75, 3.05) is 45.3 Å². The summed E-state index contributed by atoms with van der Waals surface area (Å²) in [5, 5.41) is 3.73. The Bertz CT molecular complexity index is 599. The number of nitrogens with one attached hydrogen (secondary N) is 1. The normalized spacial score (nSPS) is 20.3. The van der Waals surface area contributed by atoms with Crippen LogP contribution in [0.1, 0.15) is 42.5 Å². The highest BCUT2D eigenvalue weighted by Gasteiger charge is 2.32. The highest BCUT2D eigenvalue weighted by atomic mass is 35.5. The summed E-state index contributed by atoms with van der Waals surface area (Å²) in [5.74, 6) is 0.596. The number of aromatic nitrogens is 1. The summed E-state index contributed by atoms with van der Waals surface area (Å²) in [6.07, 6.45) is 6.59. The molecule has 0 spiro atoms. The number of carbonyl (C=O) groups is 1. The summed E-state index contributed by atoms with van der Waals surface area (Å²) in [6, 6.07) is 1.71. The predicted octanol–water partition coefficient (Wildman–Crippen LogP) is 2.97. The molecule has 0 aliphatic carbocycles. The lowest BCUT2D eigenvalue weighted by Gasteiger charge is -2.36. The van der Waals surface area contributed by atoms with Crippen molar-refractivity contribution in [3.8, 4) is 0 Å². The van der Waals surface area contributed by atoms with E-state index in [1.807, 2.05) is 4.90 Å². The third kappa shape index (κ3) is 4.43. The number of carbonyl (C=O) groups excluding carboxylic acids is 1. The monoisotopic (exact) mass is 367 g/mol. The molecule has 1 amide bonds. The minimum absolute atomic E-state index is 0.0124. The van der Waals surface area contributed by atoms with E-state index in [2.05, 4.69) is 10.3 Å². The topological polar surface area (TPSA) is 63.7 Å². The molecular weight excluding hydrogens is 342 g/mol. The van der Waals surface area contributed by atoms with Gasteiger partial charge in [0.1, 0.15) is 5.82 Å². The summed E-state index contributed by atoms with van der Waals surface area (Å²) in [6.45, 7) is 3.63. The molecule has 3 rings (SSSR count). The van der Waals surface area contributed by atoms with Crippen LogP contribution in [0.15, 0.2) is 12.3 Å². The lowest BCUT2D eigenvalue weighted by atomic mass is 9.94. The van der Waals surface area contributed by atoms with Crippen LogP contribution in [-0.4, -0.2) is 61.3 Å². The zero-order chi connectivity index (χ0) is 17.7. The van der Waals surface area contributed by atoms with Crippen molar-refractivity contribution in [3.63, 3.8) is 0 Å². The van der Waals surface area contributed by atoms with Gasteiger partial charge in [-0.1, -0.05) is 11.6 Å². The second-order valence-electron chi connectivity index (χ2n) is 6.76. The smallest absolute Gasteiger partial charge is 0.255 e. The van der Waals surface area contributed by atoms with Crippen LogP contribution in [-0.2, 0) is 9.47 Å². The summed E-state index contributed by atoms with van der Waals surface area (Å²) < 4.78 is 11.1. The molecule has 0 saturated carbocycles. The second kappa shape index (κ2) is 8.34. The fourth-order valence-corrected chi connectivity index (χ4v) is 3.64. The Morgan fingerprint density at radius 1 is 1.36 bits per heavy atom. The van der Waals surface area contributed by atoms with Crippen LogP contribution in [0.25, 0.3) is 0 Å². The van der Waals surface area contributed by atoms with Crippen LogP contribution in [0.4, 0.5) is 5.82 Å². The summed E-state index contributed by atoms with van der Waals surface area (Å²) in [7, 11) is 1.72. The van der Waals surface area contributed by atoms with E-state index in [1.165, 1.54) is 6.42 Å². The van der Waals surface area contributed by atoms with Gasteiger partial charge in [0.25, 0.3) is 5.91 Å². The Kier molecular flexibility index (Phi) is 6.15. The molecule has 0 radical (unpaired) electrons. The Labute approximate surface area is 153 Å². The fourth-order valence-electron chi connectivity index (χ4n) is 3.41. The van der Waals surface area contributed by atoms with Gasteiger partial charge in [-0.15, -0.1) is 0 Å². The molecule has 7 heteroatoms. The van der Waals surface area contributed by atoms with Crippen molar-refractivity contribution < 1.29 is 14.3 Å². The van der Waals surface area contributed by atoms with Crippen molar-refractivity contribution in [2.45, 2.75) is 37.7 Å². The van der Waals surface area contributed by atoms with E-state index in [9.17, 15) is 4.79 Å². The van der Waals surface area contributed by atoms with Gasteiger partial charge in [0.15, 0.2) is 0 Å². The van der Waals surface area contributed by atoms with Gasteiger partial charge in [-0.05, 0) is 25.3 Å². The van der Waals surface area contributed by atoms with E-state index in [-0.39, 0.29) is 11.5 Å². The number of ether oxygens (including phenoxy) is 2. The molecule has 2 aliphatic heterocycles. The van der Waals surface area contributed by atoms with Crippen molar-refractivity contribution in [3.05, 3.63) is 22.8 Å². The van der Waals surface area contributed by atoms with Gasteiger partial charge >= 0.3 is 0 Å². The fraction of sp³-hybridized carbons (Fsp3) is 0.667. The largest absolute Gasteiger partial charge is 0.381 e. The van der Waals surface area contributed by atoms with Gasteiger partial charge in [0, 0.05) is 59.0 Å². The third-order valence-electron chi connectivity index (χ3n) is 5.15. The first-order chi connectivity index (χ1) is 12.1. The van der Waals surface area contributed by atoms with Gasteiger partial charge in [0.05, 0.1) is 16.2 Å². The quantitative estimate of drug-likeness (QED) is 0.866. The number of amides is 1. The van der Waals surface area contributed by atoms with Crippen molar-refractivity contribution in [1.29, 1.82) is 0 Å². The van der Waals surface area contributed by atoms with Gasteiger partial charge in [-0.3, -0.25) is 4.79 Å². The van der Waals surface area contributed by atoms with Crippen LogP contribution in [0, 0.1) is 0 Å². The third-order valence-corrected chi connectivity index (χ3v) is 5.43. The minimum Gasteiger partial charge on any atom is -0.381 e. The first kappa shape index (κ1) is 18.4. The molecular formula is C18H26ClN3O3. The van der Waals surface area contributed by atoms with Crippen molar-refractivity contribution in [2.24, 2.45) is 0 Å². The second-order valence-corrected chi connectivity index (χ2v) is 7.17. The van der Waals surface area contributed by atoms with E-state index < -0.39 is 0 Å². The van der Waals surface area contributed by atoms with Crippen molar-refractivity contribution >= 4 is 23.3 Å². The SMILES string of the molecule is COC1(CNc2ncc(C(=O)N3CCCCC3)cc2Cl)CCOCC1.